The summed E-state index contributed by atoms with van der Waals surface area (Å²) in [5, 5.41) is 5.85. The Morgan fingerprint density at radius 3 is 2.85 bits per heavy atom. The summed E-state index contributed by atoms with van der Waals surface area (Å²) in [6.07, 6.45) is 13.2. The van der Waals surface area contributed by atoms with Crippen LogP contribution < -0.4 is 14.4 Å². The molecule has 2 aromatic carbocycles. The molecule has 1 fully saturated rings. The number of aryl methyl sites for hydroxylation is 1. The fourth-order valence-corrected chi connectivity index (χ4v) is 10.9. The van der Waals surface area contributed by atoms with E-state index in [0.717, 1.165) is 61.7 Å². The lowest BCUT2D eigenvalue weighted by atomic mass is 9.68. The van der Waals surface area contributed by atoms with E-state index < -0.39 is 15.8 Å². The maximum Gasteiger partial charge on any atom is 0.286 e. The van der Waals surface area contributed by atoms with Crippen LogP contribution in [-0.2, 0) is 37.8 Å². The van der Waals surface area contributed by atoms with Crippen molar-refractivity contribution in [2.24, 2.45) is 22.1 Å². The molecule has 1 amide bonds. The number of fused-ring (bicyclic) bond motifs is 5. The zero-order valence-corrected chi connectivity index (χ0v) is 32.7. The number of anilines is 2. The molecule has 2 bridgehead atoms. The number of hydrogen-bond donors (Lipinski definition) is 1. The monoisotopic (exact) mass is 773 g/mol. The first-order chi connectivity index (χ1) is 26.2. The molecule has 4 aliphatic rings. The Hall–Kier alpha value is -4.04. The minimum Gasteiger partial charge on any atom is -0.490 e. The Balaban J connectivity index is 1.20. The molecule has 6 atom stereocenters. The van der Waals surface area contributed by atoms with Crippen LogP contribution in [0.25, 0.3) is 11.0 Å². The lowest BCUT2D eigenvalue weighted by Gasteiger charge is -2.46. The van der Waals surface area contributed by atoms with E-state index in [1.165, 1.54) is 17.5 Å². The zero-order chi connectivity index (χ0) is 37.5. The molecule has 14 heteroatoms. The molecule has 12 nitrogen and oxygen atoms in total. The molecular weight excluding hydrogens is 726 g/mol. The minimum absolute atomic E-state index is 0.0397. The highest BCUT2D eigenvalue weighted by molar-refractivity contribution is 7.95. The van der Waals surface area contributed by atoms with E-state index in [1.54, 1.807) is 31.2 Å². The Labute approximate surface area is 321 Å². The molecule has 2 aliphatic carbocycles. The number of hydrogen-bond acceptors (Lipinski definition) is 9. The molecule has 2 aromatic heterocycles. The number of rotatable bonds is 6. The fraction of sp³-hybridized carbons (Fsp3) is 0.500. The van der Waals surface area contributed by atoms with Gasteiger partial charge in [0.2, 0.25) is 0 Å². The topological polar surface area (TPSA) is 133 Å². The van der Waals surface area contributed by atoms with Crippen LogP contribution in [0.15, 0.2) is 65.4 Å². The van der Waals surface area contributed by atoms with Gasteiger partial charge in [-0.05, 0) is 97.7 Å². The van der Waals surface area contributed by atoms with Crippen LogP contribution in [0.1, 0.15) is 60.5 Å². The van der Waals surface area contributed by atoms with Crippen molar-refractivity contribution in [2.75, 3.05) is 55.9 Å². The molecule has 54 heavy (non-hydrogen) atoms. The summed E-state index contributed by atoms with van der Waals surface area (Å²) in [5.41, 5.74) is 3.96. The average molecular weight is 774 g/mol. The fourth-order valence-electron chi connectivity index (χ4n) is 8.78. The number of aromatic nitrogens is 4. The third kappa shape index (κ3) is 7.35. The van der Waals surface area contributed by atoms with Gasteiger partial charge in [-0.1, -0.05) is 36.7 Å². The van der Waals surface area contributed by atoms with Crippen molar-refractivity contribution in [3.8, 4) is 5.75 Å². The van der Waals surface area contributed by atoms with E-state index in [2.05, 4.69) is 53.3 Å². The van der Waals surface area contributed by atoms with Crippen LogP contribution in [0, 0.1) is 17.8 Å². The summed E-state index contributed by atoms with van der Waals surface area (Å²) in [7, 11) is 0.0210. The lowest BCUT2D eigenvalue weighted by Crippen LogP contribution is -2.49. The summed E-state index contributed by atoms with van der Waals surface area (Å²) in [4.78, 5) is 25.4. The smallest absolute Gasteiger partial charge is 0.286 e. The second kappa shape index (κ2) is 15.2. The van der Waals surface area contributed by atoms with Crippen molar-refractivity contribution in [1.82, 2.24) is 19.7 Å². The SMILES string of the molecule is COCCn1cc2c(NS3(=O)=NC(=O)c4ccc5c(c4)N(C[C@@H]4CC[C@H]4[C@@H](OC)/C=C/C[C@H](C)C3)C[C@@]3(CCCc4cc(Cl)ccc43)CO5)ncnc2n1. The molecule has 4 heterocycles. The van der Waals surface area contributed by atoms with Crippen LogP contribution in [0.3, 0.4) is 0 Å². The largest absolute Gasteiger partial charge is 0.490 e. The van der Waals surface area contributed by atoms with Crippen LogP contribution in [-0.4, -0.2) is 82.2 Å². The van der Waals surface area contributed by atoms with E-state index in [1.807, 2.05) is 25.1 Å². The molecule has 0 saturated heterocycles. The molecule has 1 unspecified atom stereocenters. The number of ether oxygens (including phenoxy) is 3. The number of nitrogens with one attached hydrogen (secondary N) is 1. The maximum atomic E-state index is 14.9. The Bertz CT molecular complexity index is 2200. The summed E-state index contributed by atoms with van der Waals surface area (Å²) in [6.45, 7) is 5.05. The molecule has 1 N–H and O–H groups in total. The highest BCUT2D eigenvalue weighted by atomic mass is 35.5. The number of nitrogens with zero attached hydrogens (tertiary/aromatic N) is 6. The maximum absolute atomic E-state index is 14.9. The van der Waals surface area contributed by atoms with E-state index in [9.17, 15) is 9.00 Å². The van der Waals surface area contributed by atoms with Gasteiger partial charge >= 0.3 is 0 Å². The van der Waals surface area contributed by atoms with Gasteiger partial charge in [-0.25, -0.2) is 14.2 Å². The average Bonchev–Trinajstić information content (AvgIpc) is 3.50. The lowest BCUT2D eigenvalue weighted by molar-refractivity contribution is 0.0131. The van der Waals surface area contributed by atoms with Gasteiger partial charge in [0.1, 0.15) is 22.0 Å². The van der Waals surface area contributed by atoms with Crippen molar-refractivity contribution in [2.45, 2.75) is 63.5 Å². The highest BCUT2D eigenvalue weighted by Gasteiger charge is 2.44. The van der Waals surface area contributed by atoms with Crippen LogP contribution in [0.4, 0.5) is 11.5 Å². The predicted molar refractivity (Wildman–Crippen MR) is 211 cm³/mol. The highest BCUT2D eigenvalue weighted by Crippen LogP contribution is 2.47. The van der Waals surface area contributed by atoms with Crippen molar-refractivity contribution >= 4 is 50.0 Å². The number of allylic oxidation sites excluding steroid dienone is 1. The molecule has 0 radical (unpaired) electrons. The number of amides is 1. The molecule has 2 aliphatic heterocycles. The normalized spacial score (nSPS) is 29.0. The number of carbonyl (C=O) groups is 1. The molecule has 1 saturated carbocycles. The summed E-state index contributed by atoms with van der Waals surface area (Å²) >= 11 is 6.48. The van der Waals surface area contributed by atoms with Crippen molar-refractivity contribution in [1.29, 1.82) is 0 Å². The predicted octanol–water partition coefficient (Wildman–Crippen LogP) is 6.87. The second-order valence-electron chi connectivity index (χ2n) is 15.4. The first-order valence-corrected chi connectivity index (χ1v) is 21.0. The molecule has 286 valence electrons. The van der Waals surface area contributed by atoms with E-state index in [4.69, 9.17) is 25.8 Å². The summed E-state index contributed by atoms with van der Waals surface area (Å²) in [6, 6.07) is 11.8. The Morgan fingerprint density at radius 2 is 2.04 bits per heavy atom. The first kappa shape index (κ1) is 36.9. The Kier molecular flexibility index (Phi) is 10.4. The summed E-state index contributed by atoms with van der Waals surface area (Å²) in [5.74, 6) is 1.25. The third-order valence-corrected chi connectivity index (χ3v) is 13.9. The van der Waals surface area contributed by atoms with Gasteiger partial charge < -0.3 is 19.1 Å². The first-order valence-electron chi connectivity index (χ1n) is 18.9. The van der Waals surface area contributed by atoms with Crippen molar-refractivity contribution in [3.63, 3.8) is 0 Å². The third-order valence-electron chi connectivity index (χ3n) is 11.7. The van der Waals surface area contributed by atoms with Gasteiger partial charge in [0.15, 0.2) is 11.5 Å². The molecule has 8 rings (SSSR count). The van der Waals surface area contributed by atoms with Gasteiger partial charge in [0.05, 0.1) is 42.7 Å². The van der Waals surface area contributed by atoms with Gasteiger partial charge in [-0.3, -0.25) is 14.2 Å². The molecule has 4 aromatic rings. The van der Waals surface area contributed by atoms with E-state index >= 15 is 0 Å². The van der Waals surface area contributed by atoms with Crippen LogP contribution in [0.5, 0.6) is 5.75 Å². The molecular formula is C40H48ClN7O5S. The quantitative estimate of drug-likeness (QED) is 0.209. The zero-order valence-electron chi connectivity index (χ0n) is 31.1. The number of benzene rings is 2. The van der Waals surface area contributed by atoms with Crippen molar-refractivity contribution in [3.05, 3.63) is 82.8 Å². The van der Waals surface area contributed by atoms with Crippen molar-refractivity contribution < 1.29 is 23.2 Å². The molecule has 1 spiro atoms. The van der Waals surface area contributed by atoms with Gasteiger partial charge in [0, 0.05) is 49.5 Å². The summed E-state index contributed by atoms with van der Waals surface area (Å²) < 4.78 is 42.3. The van der Waals surface area contributed by atoms with E-state index in [-0.39, 0.29) is 23.2 Å². The number of methoxy groups -OCH3 is 2. The van der Waals surface area contributed by atoms with Gasteiger partial charge in [-0.15, -0.1) is 4.36 Å². The second-order valence-corrected chi connectivity index (χ2v) is 17.8. The number of carbonyl (C=O) groups excluding carboxylic acids is 1. The standard InChI is InChI=1S/C40H48ClN7O5S/c1-26-6-4-8-35(52-3)31-12-9-29(31)20-47-23-40(15-5-7-27-18-30(41)11-13-33(27)40)24-53-36-14-10-28(19-34(36)47)39(49)46-54(50,22-26)45-38-32-21-48(16-17-51-2)44-37(32)42-25-43-38/h4,8,10-11,13-14,18-19,21,25-26,29,31,35H,5-7,9,12,15-17,20,22-24H2,1-3H3,(H,42,43,44,45,46,49,50)/b8-4+/t26-,29-,31+,35-,40-,54?/m0/s1. The minimum atomic E-state index is -3.39. The van der Waals surface area contributed by atoms with Crippen LogP contribution >= 0.6 is 11.6 Å². The van der Waals surface area contributed by atoms with E-state index in [0.29, 0.717) is 60.4 Å². The van der Waals surface area contributed by atoms with Gasteiger partial charge in [0.25, 0.3) is 5.91 Å². The number of halogens is 1. The Morgan fingerprint density at radius 1 is 1.15 bits per heavy atom. The van der Waals surface area contributed by atoms with Gasteiger partial charge in [-0.2, -0.15) is 5.10 Å². The van der Waals surface area contributed by atoms with Crippen LogP contribution in [0.2, 0.25) is 5.02 Å².